The smallest absolute Gasteiger partial charge is 0.407 e. The van der Waals surface area contributed by atoms with Gasteiger partial charge in [-0.15, -0.1) is 0 Å². The third-order valence-corrected chi connectivity index (χ3v) is 4.23. The molecule has 4 N–H and O–H groups in total. The van der Waals surface area contributed by atoms with E-state index in [9.17, 15) is 9.59 Å². The first kappa shape index (κ1) is 24.0. The molecule has 0 aromatic heterocycles. The van der Waals surface area contributed by atoms with Gasteiger partial charge in [0.25, 0.3) is 0 Å². The summed E-state index contributed by atoms with van der Waals surface area (Å²) in [4.78, 5) is 23.2. The zero-order chi connectivity index (χ0) is 21.2. The minimum absolute atomic E-state index is 0.110. The number of benzene rings is 1. The Morgan fingerprint density at radius 3 is 2.61 bits per heavy atom. The number of aryl methyl sites for hydroxylation is 1. The number of hydrogen-bond acceptors (Lipinski definition) is 5. The molecule has 1 rings (SSSR count). The van der Waals surface area contributed by atoms with Gasteiger partial charge in [0.2, 0.25) is 5.91 Å². The van der Waals surface area contributed by atoms with E-state index in [1.165, 1.54) is 0 Å². The number of hydrogen-bond donors (Lipinski definition) is 3. The lowest BCUT2D eigenvalue weighted by Crippen LogP contribution is -2.42. The summed E-state index contributed by atoms with van der Waals surface area (Å²) in [6.07, 6.45) is 2.10. The van der Waals surface area contributed by atoms with Crippen molar-refractivity contribution >= 4 is 23.6 Å². The first-order valence-corrected chi connectivity index (χ1v) is 9.79. The molecule has 0 radical (unpaired) electrons. The van der Waals surface area contributed by atoms with Crippen molar-refractivity contribution in [1.29, 1.82) is 0 Å². The van der Waals surface area contributed by atoms with Crippen LogP contribution < -0.4 is 15.8 Å². The minimum Gasteiger partial charge on any atom is -0.490 e. The predicted octanol–water partition coefficient (Wildman–Crippen LogP) is 3.19. The van der Waals surface area contributed by atoms with Gasteiger partial charge in [-0.2, -0.15) is 0 Å². The van der Waals surface area contributed by atoms with Crippen LogP contribution in [0.15, 0.2) is 18.2 Å². The van der Waals surface area contributed by atoms with E-state index in [4.69, 9.17) is 31.9 Å². The number of primary amides is 1. The fourth-order valence-electron chi connectivity index (χ4n) is 2.47. The topological polar surface area (TPSA) is 111 Å². The molecule has 0 aliphatic carbocycles. The molecule has 158 valence electrons. The van der Waals surface area contributed by atoms with Crippen LogP contribution in [0.25, 0.3) is 0 Å². The number of carbonyl (C=O) groups is 2. The lowest BCUT2D eigenvalue weighted by Gasteiger charge is -2.24. The number of aliphatic hydroxyl groups is 1. The summed E-state index contributed by atoms with van der Waals surface area (Å²) in [5, 5.41) is 12.1. The average Bonchev–Trinajstić information content (AvgIpc) is 2.58. The number of nitrogens with two attached hydrogens (primary N) is 1. The Balaban J connectivity index is 2.74. The highest BCUT2D eigenvalue weighted by molar-refractivity contribution is 6.32. The van der Waals surface area contributed by atoms with E-state index in [0.29, 0.717) is 23.6 Å². The molecule has 0 fully saturated rings. The van der Waals surface area contributed by atoms with Crippen LogP contribution in [0.5, 0.6) is 5.75 Å². The molecule has 1 aromatic rings. The Hall–Kier alpha value is -1.99. The van der Waals surface area contributed by atoms with Crippen LogP contribution in [0.1, 0.15) is 52.0 Å². The van der Waals surface area contributed by atoms with E-state index in [0.717, 1.165) is 18.4 Å². The van der Waals surface area contributed by atoms with Gasteiger partial charge in [0.05, 0.1) is 11.1 Å². The van der Waals surface area contributed by atoms with Gasteiger partial charge in [0, 0.05) is 13.0 Å². The number of amides is 2. The van der Waals surface area contributed by atoms with E-state index in [-0.39, 0.29) is 19.6 Å². The lowest BCUT2D eigenvalue weighted by atomic mass is 10.1. The summed E-state index contributed by atoms with van der Waals surface area (Å²) in [5.41, 5.74) is 5.52. The molecule has 0 aliphatic rings. The average molecular weight is 415 g/mol. The maximum atomic E-state index is 12.0. The Morgan fingerprint density at radius 1 is 1.29 bits per heavy atom. The van der Waals surface area contributed by atoms with Crippen LogP contribution in [-0.2, 0) is 16.0 Å². The molecular weight excluding hydrogens is 384 g/mol. The summed E-state index contributed by atoms with van der Waals surface area (Å²) in [5.74, 6) is 0.0399. The zero-order valence-electron chi connectivity index (χ0n) is 16.8. The molecule has 0 heterocycles. The van der Waals surface area contributed by atoms with Gasteiger partial charge in [-0.25, -0.2) is 4.79 Å². The number of carbonyl (C=O) groups excluding carboxylic acids is 2. The third kappa shape index (κ3) is 9.80. The zero-order valence-corrected chi connectivity index (χ0v) is 17.6. The number of aliphatic hydroxyl groups excluding tert-OH is 1. The second kappa shape index (κ2) is 11.8. The third-order valence-electron chi connectivity index (χ3n) is 3.80. The molecule has 1 unspecified atom stereocenters. The summed E-state index contributed by atoms with van der Waals surface area (Å²) in [7, 11) is 0. The second-order valence-corrected chi connectivity index (χ2v) is 7.95. The minimum atomic E-state index is -0.634. The Kier molecular flexibility index (Phi) is 10.1. The molecule has 0 saturated heterocycles. The molecule has 8 heteroatoms. The molecular formula is C20H31ClN2O5. The normalized spacial score (nSPS) is 12.3. The number of ether oxygens (including phenoxy) is 2. The van der Waals surface area contributed by atoms with Crippen LogP contribution in [0.2, 0.25) is 5.02 Å². The van der Waals surface area contributed by atoms with Crippen molar-refractivity contribution in [2.24, 2.45) is 5.73 Å². The van der Waals surface area contributed by atoms with Crippen LogP contribution in [0.4, 0.5) is 4.79 Å². The Morgan fingerprint density at radius 2 is 2.00 bits per heavy atom. The van der Waals surface area contributed by atoms with E-state index in [2.05, 4.69) is 5.32 Å². The molecule has 2 amide bonds. The van der Waals surface area contributed by atoms with Crippen molar-refractivity contribution < 1.29 is 24.2 Å². The van der Waals surface area contributed by atoms with Gasteiger partial charge in [0.15, 0.2) is 0 Å². The maximum absolute atomic E-state index is 12.0. The number of unbranched alkanes of at least 4 members (excludes halogenated alkanes) is 1. The summed E-state index contributed by atoms with van der Waals surface area (Å²) in [6.45, 7) is 5.56. The highest BCUT2D eigenvalue weighted by atomic mass is 35.5. The molecule has 0 spiro atoms. The standard InChI is InChI=1S/C20H31ClN2O5/c1-20(2,3)28-19(26)23-15(10-11-17(22)25)13-27-16-9-6-8-14(18(16)21)7-4-5-12-24/h6,8-9,15,24H,4-5,7,10-13H2,1-3H3,(H2,22,25)(H,23,26). The predicted molar refractivity (Wildman–Crippen MR) is 109 cm³/mol. The Labute approximate surface area is 171 Å². The number of nitrogens with one attached hydrogen (secondary N) is 1. The van der Waals surface area contributed by atoms with Crippen molar-refractivity contribution in [2.75, 3.05) is 13.2 Å². The maximum Gasteiger partial charge on any atom is 0.407 e. The van der Waals surface area contributed by atoms with Crippen LogP contribution in [0, 0.1) is 0 Å². The van der Waals surface area contributed by atoms with E-state index in [1.807, 2.05) is 12.1 Å². The van der Waals surface area contributed by atoms with Crippen LogP contribution >= 0.6 is 11.6 Å². The van der Waals surface area contributed by atoms with Crippen LogP contribution in [-0.4, -0.2) is 42.0 Å². The fourth-order valence-corrected chi connectivity index (χ4v) is 2.74. The van der Waals surface area contributed by atoms with Gasteiger partial charge in [-0.05, 0) is 58.1 Å². The molecule has 0 aliphatic heterocycles. The van der Waals surface area contributed by atoms with Gasteiger partial charge in [0.1, 0.15) is 18.0 Å². The van der Waals surface area contributed by atoms with Crippen molar-refractivity contribution in [2.45, 2.75) is 64.5 Å². The first-order valence-electron chi connectivity index (χ1n) is 9.41. The largest absolute Gasteiger partial charge is 0.490 e. The van der Waals surface area contributed by atoms with Gasteiger partial charge in [-0.3, -0.25) is 4.79 Å². The highest BCUT2D eigenvalue weighted by Gasteiger charge is 2.21. The molecule has 1 atom stereocenters. The molecule has 0 saturated carbocycles. The molecule has 7 nitrogen and oxygen atoms in total. The Bertz CT molecular complexity index is 646. The van der Waals surface area contributed by atoms with Gasteiger partial charge >= 0.3 is 6.09 Å². The quantitative estimate of drug-likeness (QED) is 0.481. The first-order chi connectivity index (χ1) is 13.1. The highest BCUT2D eigenvalue weighted by Crippen LogP contribution is 2.29. The van der Waals surface area contributed by atoms with Crippen molar-refractivity contribution in [3.8, 4) is 5.75 Å². The summed E-state index contributed by atoms with van der Waals surface area (Å²) >= 11 is 6.42. The fraction of sp³-hybridized carbons (Fsp3) is 0.600. The van der Waals surface area contributed by atoms with Gasteiger partial charge < -0.3 is 25.6 Å². The number of rotatable bonds is 11. The summed E-state index contributed by atoms with van der Waals surface area (Å²) in [6, 6.07) is 5.04. The van der Waals surface area contributed by atoms with Crippen LogP contribution in [0.3, 0.4) is 0 Å². The van der Waals surface area contributed by atoms with Crippen molar-refractivity contribution in [1.82, 2.24) is 5.32 Å². The van der Waals surface area contributed by atoms with E-state index in [1.54, 1.807) is 26.8 Å². The second-order valence-electron chi connectivity index (χ2n) is 7.57. The lowest BCUT2D eigenvalue weighted by molar-refractivity contribution is -0.118. The van der Waals surface area contributed by atoms with Gasteiger partial charge in [-0.1, -0.05) is 23.7 Å². The molecule has 0 bridgehead atoms. The van der Waals surface area contributed by atoms with Crippen molar-refractivity contribution in [3.05, 3.63) is 28.8 Å². The monoisotopic (exact) mass is 414 g/mol. The summed E-state index contributed by atoms with van der Waals surface area (Å²) < 4.78 is 11.1. The number of alkyl carbamates (subject to hydrolysis) is 1. The molecule has 28 heavy (non-hydrogen) atoms. The SMILES string of the molecule is CC(C)(C)OC(=O)NC(CCC(N)=O)COc1cccc(CCCCO)c1Cl. The van der Waals surface area contributed by atoms with E-state index >= 15 is 0 Å². The molecule has 1 aromatic carbocycles. The number of halogens is 1. The van der Waals surface area contributed by atoms with Crippen molar-refractivity contribution in [3.63, 3.8) is 0 Å². The van der Waals surface area contributed by atoms with E-state index < -0.39 is 23.6 Å².